The van der Waals surface area contributed by atoms with Crippen LogP contribution >= 0.6 is 0 Å². The van der Waals surface area contributed by atoms with E-state index >= 15 is 0 Å². The Labute approximate surface area is 50.5 Å². The van der Waals surface area contributed by atoms with E-state index in [0.717, 1.165) is 0 Å². The van der Waals surface area contributed by atoms with Crippen molar-refractivity contribution in [1.82, 2.24) is 0 Å². The normalized spacial score (nSPS) is 31.1. The van der Waals surface area contributed by atoms with Crippen LogP contribution < -0.4 is 0 Å². The van der Waals surface area contributed by atoms with Gasteiger partial charge in [0.25, 0.3) is 5.92 Å². The van der Waals surface area contributed by atoms with E-state index in [-0.39, 0.29) is 12.8 Å². The summed E-state index contributed by atoms with van der Waals surface area (Å²) in [5.41, 5.74) is 0. The van der Waals surface area contributed by atoms with E-state index in [2.05, 4.69) is 0 Å². The third kappa shape index (κ3) is 0.886. The number of hydrogen-bond acceptors (Lipinski definition) is 1. The third-order valence-corrected chi connectivity index (χ3v) is 1.57. The maximum Gasteiger partial charge on any atom is 0.312 e. The summed E-state index contributed by atoms with van der Waals surface area (Å²) in [5.74, 6) is -5.74. The van der Waals surface area contributed by atoms with E-state index in [1.807, 2.05) is 0 Å². The Hall–Kier alpha value is -0.670. The molecule has 0 heterocycles. The van der Waals surface area contributed by atoms with E-state index in [0.29, 0.717) is 0 Å². The number of hydrogen-bond donors (Lipinski definition) is 1. The van der Waals surface area contributed by atoms with Gasteiger partial charge in [-0.25, -0.2) is 8.78 Å². The zero-order valence-electron chi connectivity index (χ0n) is 4.60. The molecule has 2 nitrogen and oxygen atoms in total. The Bertz CT molecular complexity index is 144. The molecule has 1 aliphatic carbocycles. The van der Waals surface area contributed by atoms with Gasteiger partial charge in [0, 0.05) is 6.42 Å². The third-order valence-electron chi connectivity index (χ3n) is 1.57. The van der Waals surface area contributed by atoms with Crippen LogP contribution in [0.2, 0.25) is 0 Å². The average Bonchev–Trinajstić information content (AvgIpc) is 1.62. The fourth-order valence-electron chi connectivity index (χ4n) is 0.811. The highest BCUT2D eigenvalue weighted by Crippen LogP contribution is 2.43. The lowest BCUT2D eigenvalue weighted by Gasteiger charge is -2.32. The second-order valence-electron chi connectivity index (χ2n) is 2.19. The topological polar surface area (TPSA) is 37.3 Å². The molecule has 0 aliphatic heterocycles. The Kier molecular flexibility index (Phi) is 1.18. The molecule has 0 saturated heterocycles. The molecule has 0 aromatic rings. The van der Waals surface area contributed by atoms with Gasteiger partial charge < -0.3 is 5.11 Å². The van der Waals surface area contributed by atoms with Gasteiger partial charge in [0.15, 0.2) is 0 Å². The minimum Gasteiger partial charge on any atom is -0.481 e. The molecular formula is C5H6F2O2. The maximum absolute atomic E-state index is 12.1. The fraction of sp³-hybridized carbons (Fsp3) is 0.800. The minimum absolute atomic E-state index is 0.113. The monoisotopic (exact) mass is 136 g/mol. The summed E-state index contributed by atoms with van der Waals surface area (Å²) >= 11 is 0. The first kappa shape index (κ1) is 6.45. The highest BCUT2D eigenvalue weighted by molar-refractivity contribution is 5.72. The molecule has 52 valence electrons. The molecule has 1 saturated carbocycles. The van der Waals surface area contributed by atoms with Crippen LogP contribution in [-0.2, 0) is 4.79 Å². The van der Waals surface area contributed by atoms with Crippen molar-refractivity contribution < 1.29 is 18.7 Å². The molecule has 0 aromatic heterocycles. The molecule has 0 aromatic carbocycles. The van der Waals surface area contributed by atoms with Crippen molar-refractivity contribution in [2.24, 2.45) is 5.92 Å². The number of alkyl halides is 2. The maximum atomic E-state index is 12.1. The van der Waals surface area contributed by atoms with Gasteiger partial charge in [0.1, 0.15) is 5.92 Å². The molecule has 0 radical (unpaired) electrons. The first-order valence-corrected chi connectivity index (χ1v) is 2.64. The molecule has 0 unspecified atom stereocenters. The van der Waals surface area contributed by atoms with Crippen LogP contribution in [0.4, 0.5) is 8.78 Å². The second-order valence-corrected chi connectivity index (χ2v) is 2.19. The first-order valence-electron chi connectivity index (χ1n) is 2.64. The number of carboxylic acids is 1. The van der Waals surface area contributed by atoms with Gasteiger partial charge in [-0.2, -0.15) is 0 Å². The lowest BCUT2D eigenvalue weighted by atomic mass is 9.81. The average molecular weight is 136 g/mol. The van der Waals surface area contributed by atoms with Gasteiger partial charge in [0.2, 0.25) is 0 Å². The minimum atomic E-state index is -2.94. The van der Waals surface area contributed by atoms with Crippen LogP contribution in [0.3, 0.4) is 0 Å². The Morgan fingerprint density at radius 2 is 2.22 bits per heavy atom. The predicted octanol–water partition coefficient (Wildman–Crippen LogP) is 1.12. The molecule has 0 bridgehead atoms. The van der Waals surface area contributed by atoms with Crippen LogP contribution in [-0.4, -0.2) is 17.0 Å². The zero-order chi connectivity index (χ0) is 7.07. The van der Waals surface area contributed by atoms with Gasteiger partial charge in [-0.15, -0.1) is 0 Å². The summed E-state index contributed by atoms with van der Waals surface area (Å²) in [4.78, 5) is 9.92. The fourth-order valence-corrected chi connectivity index (χ4v) is 0.811. The summed E-state index contributed by atoms with van der Waals surface area (Å²) in [6, 6.07) is 0. The van der Waals surface area contributed by atoms with Crippen LogP contribution in [0.25, 0.3) is 0 Å². The molecule has 1 N–H and O–H groups in total. The molecule has 1 aliphatic rings. The van der Waals surface area contributed by atoms with Crippen LogP contribution in [0.1, 0.15) is 12.8 Å². The highest BCUT2D eigenvalue weighted by atomic mass is 19.3. The standard InChI is InChI=1S/C5H6F2O2/c6-5(7)2-1-3(5)4(8)9/h3H,1-2H2,(H,8,9)/t3-/m0/s1. The van der Waals surface area contributed by atoms with Gasteiger partial charge in [-0.05, 0) is 6.42 Å². The molecule has 4 heteroatoms. The van der Waals surface area contributed by atoms with Crippen molar-refractivity contribution in [3.05, 3.63) is 0 Å². The summed E-state index contributed by atoms with van der Waals surface area (Å²) in [7, 11) is 0. The molecular weight excluding hydrogens is 130 g/mol. The van der Waals surface area contributed by atoms with E-state index in [1.165, 1.54) is 0 Å². The molecule has 9 heavy (non-hydrogen) atoms. The Balaban J connectivity index is 2.55. The Morgan fingerprint density at radius 1 is 1.67 bits per heavy atom. The number of rotatable bonds is 1. The molecule has 1 atom stereocenters. The van der Waals surface area contributed by atoms with E-state index in [1.54, 1.807) is 0 Å². The molecule has 1 rings (SSSR count). The van der Waals surface area contributed by atoms with Crippen molar-refractivity contribution in [2.75, 3.05) is 0 Å². The summed E-state index contributed by atoms with van der Waals surface area (Å²) in [6.07, 6.45) is -0.160. The van der Waals surface area contributed by atoms with Crippen molar-refractivity contribution in [1.29, 1.82) is 0 Å². The molecule has 0 amide bonds. The van der Waals surface area contributed by atoms with Crippen molar-refractivity contribution in [2.45, 2.75) is 18.8 Å². The van der Waals surface area contributed by atoms with Crippen molar-refractivity contribution in [3.8, 4) is 0 Å². The van der Waals surface area contributed by atoms with Gasteiger partial charge in [0.05, 0.1) is 0 Å². The smallest absolute Gasteiger partial charge is 0.312 e. The number of carboxylic acid groups (broad SMARTS) is 1. The second kappa shape index (κ2) is 1.65. The van der Waals surface area contributed by atoms with Gasteiger partial charge >= 0.3 is 5.97 Å². The zero-order valence-corrected chi connectivity index (χ0v) is 4.60. The predicted molar refractivity (Wildman–Crippen MR) is 25.3 cm³/mol. The number of carbonyl (C=O) groups is 1. The first-order chi connectivity index (χ1) is 4.04. The SMILES string of the molecule is O=C(O)[C@@H]1CCC1(F)F. The molecule has 0 spiro atoms. The van der Waals surface area contributed by atoms with E-state index < -0.39 is 17.8 Å². The largest absolute Gasteiger partial charge is 0.481 e. The Morgan fingerprint density at radius 3 is 2.22 bits per heavy atom. The van der Waals surface area contributed by atoms with Crippen LogP contribution in [0.5, 0.6) is 0 Å². The lowest BCUT2D eigenvalue weighted by Crippen LogP contribution is -2.43. The van der Waals surface area contributed by atoms with Gasteiger partial charge in [-0.3, -0.25) is 4.79 Å². The molecule has 1 fully saturated rings. The summed E-state index contributed by atoms with van der Waals surface area (Å²) in [6.45, 7) is 0. The summed E-state index contributed by atoms with van der Waals surface area (Å²) in [5, 5.41) is 8.09. The van der Waals surface area contributed by atoms with Crippen LogP contribution in [0, 0.1) is 5.92 Å². The number of halogens is 2. The lowest BCUT2D eigenvalue weighted by molar-refractivity contribution is -0.177. The van der Waals surface area contributed by atoms with Crippen LogP contribution in [0.15, 0.2) is 0 Å². The summed E-state index contributed by atoms with van der Waals surface area (Å²) < 4.78 is 24.1. The van der Waals surface area contributed by atoms with E-state index in [9.17, 15) is 13.6 Å². The van der Waals surface area contributed by atoms with Crippen molar-refractivity contribution in [3.63, 3.8) is 0 Å². The van der Waals surface area contributed by atoms with E-state index in [4.69, 9.17) is 5.11 Å². The highest BCUT2D eigenvalue weighted by Gasteiger charge is 2.52. The van der Waals surface area contributed by atoms with Crippen molar-refractivity contribution >= 4 is 5.97 Å². The van der Waals surface area contributed by atoms with Gasteiger partial charge in [-0.1, -0.05) is 0 Å². The quantitative estimate of drug-likeness (QED) is 0.586. The number of aliphatic carboxylic acids is 1.